The van der Waals surface area contributed by atoms with E-state index in [0.29, 0.717) is 5.56 Å². The number of carbonyl (C=O) groups excluding carboxylic acids is 1. The van der Waals surface area contributed by atoms with Gasteiger partial charge in [0.1, 0.15) is 11.4 Å². The number of aryl methyl sites for hydroxylation is 1. The van der Waals surface area contributed by atoms with Gasteiger partial charge >= 0.3 is 5.97 Å². The molecule has 1 amide bonds. The number of carboxylic acids is 1. The molecule has 108 valence electrons. The van der Waals surface area contributed by atoms with Gasteiger partial charge in [0.2, 0.25) is 0 Å². The van der Waals surface area contributed by atoms with E-state index in [-0.39, 0.29) is 21.8 Å². The summed E-state index contributed by atoms with van der Waals surface area (Å²) >= 11 is 5.81. The molecule has 0 aliphatic carbocycles. The Kier molecular flexibility index (Phi) is 4.23. The number of hydrogen-bond acceptors (Lipinski definition) is 2. The lowest BCUT2D eigenvalue weighted by Crippen LogP contribution is -2.15. The molecule has 0 spiro atoms. The van der Waals surface area contributed by atoms with Crippen molar-refractivity contribution in [3.63, 3.8) is 0 Å². The fourth-order valence-electron chi connectivity index (χ4n) is 1.91. The lowest BCUT2D eigenvalue weighted by Gasteiger charge is -2.10. The zero-order valence-corrected chi connectivity index (χ0v) is 11.7. The highest BCUT2D eigenvalue weighted by molar-refractivity contribution is 6.34. The molecule has 0 aliphatic heterocycles. The fourth-order valence-corrected chi connectivity index (χ4v) is 2.16. The third-order valence-electron chi connectivity index (χ3n) is 2.78. The zero-order chi connectivity index (χ0) is 15.6. The molecule has 0 radical (unpaired) electrons. The summed E-state index contributed by atoms with van der Waals surface area (Å²) < 4.78 is 13.3. The van der Waals surface area contributed by atoms with Crippen LogP contribution in [0.15, 0.2) is 36.4 Å². The summed E-state index contributed by atoms with van der Waals surface area (Å²) in [6.45, 7) is 1.65. The van der Waals surface area contributed by atoms with Gasteiger partial charge in [-0.2, -0.15) is 0 Å². The number of halogens is 2. The van der Waals surface area contributed by atoms with Crippen LogP contribution in [0.1, 0.15) is 26.3 Å². The Balaban J connectivity index is 2.36. The Hall–Kier alpha value is -2.40. The van der Waals surface area contributed by atoms with Gasteiger partial charge in [-0.1, -0.05) is 17.7 Å². The third-order valence-corrected chi connectivity index (χ3v) is 3.09. The van der Waals surface area contributed by atoms with Crippen molar-refractivity contribution in [3.05, 3.63) is 63.9 Å². The number of benzene rings is 2. The van der Waals surface area contributed by atoms with Crippen molar-refractivity contribution in [1.29, 1.82) is 0 Å². The maximum atomic E-state index is 13.3. The molecule has 0 aliphatic rings. The smallest absolute Gasteiger partial charge is 0.339 e. The molecule has 6 heteroatoms. The number of nitrogens with one attached hydrogen (secondary N) is 1. The topological polar surface area (TPSA) is 66.4 Å². The number of hydrogen-bond donors (Lipinski definition) is 2. The maximum absolute atomic E-state index is 13.3. The van der Waals surface area contributed by atoms with E-state index in [1.54, 1.807) is 6.92 Å². The van der Waals surface area contributed by atoms with E-state index < -0.39 is 17.7 Å². The van der Waals surface area contributed by atoms with Crippen LogP contribution in [-0.2, 0) is 0 Å². The number of rotatable bonds is 3. The maximum Gasteiger partial charge on any atom is 0.339 e. The molecular formula is C15H11ClFNO3. The molecule has 4 nitrogen and oxygen atoms in total. The van der Waals surface area contributed by atoms with Gasteiger partial charge in [-0.05, 0) is 42.8 Å². The van der Waals surface area contributed by atoms with E-state index >= 15 is 0 Å². The normalized spacial score (nSPS) is 10.2. The molecule has 0 atom stereocenters. The first-order chi connectivity index (χ1) is 9.88. The first-order valence-corrected chi connectivity index (χ1v) is 6.36. The minimum absolute atomic E-state index is 0.00993. The molecule has 0 fully saturated rings. The van der Waals surface area contributed by atoms with Crippen molar-refractivity contribution in [3.8, 4) is 0 Å². The van der Waals surface area contributed by atoms with Crippen LogP contribution < -0.4 is 5.32 Å². The highest BCUT2D eigenvalue weighted by Crippen LogP contribution is 2.25. The number of aromatic carboxylic acids is 1. The first kappa shape index (κ1) is 15.0. The highest BCUT2D eigenvalue weighted by Gasteiger charge is 2.17. The van der Waals surface area contributed by atoms with Crippen molar-refractivity contribution in [2.24, 2.45) is 0 Å². The summed E-state index contributed by atoms with van der Waals surface area (Å²) in [5.41, 5.74) is 0.538. The van der Waals surface area contributed by atoms with Gasteiger partial charge in [0, 0.05) is 5.56 Å². The number of carboxylic acid groups (broad SMARTS) is 1. The Morgan fingerprint density at radius 3 is 2.57 bits per heavy atom. The van der Waals surface area contributed by atoms with Crippen molar-refractivity contribution in [2.75, 3.05) is 5.32 Å². The molecule has 2 rings (SSSR count). The fraction of sp³-hybridized carbons (Fsp3) is 0.0667. The molecule has 0 aromatic heterocycles. The molecule has 2 N–H and O–H groups in total. The summed E-state index contributed by atoms with van der Waals surface area (Å²) in [7, 11) is 0. The van der Waals surface area contributed by atoms with Gasteiger partial charge in [-0.25, -0.2) is 9.18 Å². The van der Waals surface area contributed by atoms with Crippen LogP contribution in [0.25, 0.3) is 0 Å². The van der Waals surface area contributed by atoms with E-state index in [1.165, 1.54) is 30.3 Å². The molecule has 0 bridgehead atoms. The molecule has 2 aromatic rings. The average Bonchev–Trinajstić information content (AvgIpc) is 2.37. The van der Waals surface area contributed by atoms with Gasteiger partial charge in [-0.15, -0.1) is 0 Å². The largest absolute Gasteiger partial charge is 0.478 e. The second-order valence-corrected chi connectivity index (χ2v) is 4.85. The summed E-state index contributed by atoms with van der Waals surface area (Å²) in [4.78, 5) is 23.3. The van der Waals surface area contributed by atoms with Crippen molar-refractivity contribution in [2.45, 2.75) is 6.92 Å². The second-order valence-electron chi connectivity index (χ2n) is 4.44. The molecule has 21 heavy (non-hydrogen) atoms. The number of anilines is 1. The van der Waals surface area contributed by atoms with E-state index in [9.17, 15) is 14.0 Å². The lowest BCUT2D eigenvalue weighted by molar-refractivity contribution is 0.0698. The standard InChI is InChI=1S/C15H11ClFNO3/c1-8-5-9(7-10(17)6-8)14(19)18-12-4-2-3-11(16)13(12)15(20)21/h2-7H,1H3,(H,18,19)(H,20,21). The Labute approximate surface area is 125 Å². The van der Waals surface area contributed by atoms with Gasteiger partial charge in [0.25, 0.3) is 5.91 Å². The first-order valence-electron chi connectivity index (χ1n) is 5.99. The summed E-state index contributed by atoms with van der Waals surface area (Å²) in [6, 6.07) is 8.21. The van der Waals surface area contributed by atoms with Crippen LogP contribution in [0.3, 0.4) is 0 Å². The lowest BCUT2D eigenvalue weighted by atomic mass is 10.1. The number of carbonyl (C=O) groups is 2. The predicted octanol–water partition coefficient (Wildman–Crippen LogP) is 3.74. The minimum atomic E-state index is -1.26. The summed E-state index contributed by atoms with van der Waals surface area (Å²) in [6.07, 6.45) is 0. The molecule has 0 saturated heterocycles. The SMILES string of the molecule is Cc1cc(F)cc(C(=O)Nc2cccc(Cl)c2C(=O)O)c1. The quantitative estimate of drug-likeness (QED) is 0.907. The Bertz CT molecular complexity index is 711. The van der Waals surface area contributed by atoms with E-state index in [2.05, 4.69) is 5.32 Å². The van der Waals surface area contributed by atoms with Crippen LogP contribution in [0.4, 0.5) is 10.1 Å². The average molecular weight is 308 g/mol. The van der Waals surface area contributed by atoms with Gasteiger partial charge < -0.3 is 10.4 Å². The Morgan fingerprint density at radius 2 is 1.95 bits per heavy atom. The molecule has 0 unspecified atom stereocenters. The molecule has 2 aromatic carbocycles. The summed E-state index contributed by atoms with van der Waals surface area (Å²) in [5, 5.41) is 11.6. The van der Waals surface area contributed by atoms with Crippen molar-refractivity contribution < 1.29 is 19.1 Å². The van der Waals surface area contributed by atoms with Crippen LogP contribution in [0, 0.1) is 12.7 Å². The third kappa shape index (κ3) is 3.38. The zero-order valence-electron chi connectivity index (χ0n) is 11.0. The van der Waals surface area contributed by atoms with Gasteiger partial charge in [0.15, 0.2) is 0 Å². The molecular weight excluding hydrogens is 297 g/mol. The minimum Gasteiger partial charge on any atom is -0.478 e. The van der Waals surface area contributed by atoms with E-state index in [0.717, 1.165) is 6.07 Å². The molecule has 0 saturated carbocycles. The van der Waals surface area contributed by atoms with Gasteiger partial charge in [0.05, 0.1) is 10.7 Å². The molecule has 0 heterocycles. The second kappa shape index (κ2) is 5.93. The van der Waals surface area contributed by atoms with Crippen LogP contribution in [-0.4, -0.2) is 17.0 Å². The monoisotopic (exact) mass is 307 g/mol. The van der Waals surface area contributed by atoms with Crippen LogP contribution >= 0.6 is 11.6 Å². The van der Waals surface area contributed by atoms with Crippen LogP contribution in [0.5, 0.6) is 0 Å². The predicted molar refractivity (Wildman–Crippen MR) is 77.5 cm³/mol. The van der Waals surface area contributed by atoms with Crippen molar-refractivity contribution in [1.82, 2.24) is 0 Å². The highest BCUT2D eigenvalue weighted by atomic mass is 35.5. The number of amides is 1. The van der Waals surface area contributed by atoms with Gasteiger partial charge in [-0.3, -0.25) is 4.79 Å². The van der Waals surface area contributed by atoms with Crippen molar-refractivity contribution >= 4 is 29.2 Å². The van der Waals surface area contributed by atoms with E-state index in [1.807, 2.05) is 0 Å². The Morgan fingerprint density at radius 1 is 1.24 bits per heavy atom. The van der Waals surface area contributed by atoms with E-state index in [4.69, 9.17) is 16.7 Å². The summed E-state index contributed by atoms with van der Waals surface area (Å²) in [5.74, 6) is -2.40. The van der Waals surface area contributed by atoms with Crippen LogP contribution in [0.2, 0.25) is 5.02 Å².